The fourth-order valence-corrected chi connectivity index (χ4v) is 2.16. The molecular formula is C11H11F2NS. The first-order valence-electron chi connectivity index (χ1n) is 4.59. The van der Waals surface area contributed by atoms with E-state index in [9.17, 15) is 8.78 Å². The Hall–Kier alpha value is -1.03. The predicted molar refractivity (Wildman–Crippen MR) is 60.5 cm³/mol. The van der Waals surface area contributed by atoms with Crippen molar-refractivity contribution in [2.45, 2.75) is 12.2 Å². The molecule has 2 rings (SSSR count). The number of hydrogen-bond acceptors (Lipinski definition) is 1. The summed E-state index contributed by atoms with van der Waals surface area (Å²) in [6.45, 7) is 0. The zero-order valence-electron chi connectivity index (χ0n) is 8.26. The standard InChI is InChI=1S/C11H11F2NS/c1-15-6-8-5-14-10-3-2-7(11(12)13)4-9(8)10/h2-5,11,14H,6H2,1H3. The smallest absolute Gasteiger partial charge is 0.263 e. The summed E-state index contributed by atoms with van der Waals surface area (Å²) in [6.07, 6.45) is 1.48. The monoisotopic (exact) mass is 227 g/mol. The summed E-state index contributed by atoms with van der Waals surface area (Å²) in [6, 6.07) is 4.75. The number of rotatable bonds is 3. The Morgan fingerprint density at radius 1 is 1.40 bits per heavy atom. The van der Waals surface area contributed by atoms with Gasteiger partial charge in [-0.05, 0) is 24.0 Å². The fraction of sp³-hybridized carbons (Fsp3) is 0.273. The summed E-state index contributed by atoms with van der Waals surface area (Å²) in [5.74, 6) is 0.840. The summed E-state index contributed by atoms with van der Waals surface area (Å²) in [5, 5.41) is 0.905. The third kappa shape index (κ3) is 2.00. The lowest BCUT2D eigenvalue weighted by Gasteiger charge is -2.00. The second kappa shape index (κ2) is 4.23. The lowest BCUT2D eigenvalue weighted by Crippen LogP contribution is -1.84. The highest BCUT2D eigenvalue weighted by molar-refractivity contribution is 7.97. The largest absolute Gasteiger partial charge is 0.361 e. The molecule has 15 heavy (non-hydrogen) atoms. The van der Waals surface area contributed by atoms with Crippen LogP contribution in [0, 0.1) is 0 Å². The number of nitrogens with one attached hydrogen (secondary N) is 1. The lowest BCUT2D eigenvalue weighted by atomic mass is 10.1. The molecule has 1 nitrogen and oxygen atoms in total. The molecule has 0 amide bonds. The summed E-state index contributed by atoms with van der Waals surface area (Å²) in [7, 11) is 0. The van der Waals surface area contributed by atoms with E-state index in [4.69, 9.17) is 0 Å². The molecule has 1 aromatic heterocycles. The maximum Gasteiger partial charge on any atom is 0.263 e. The fourth-order valence-electron chi connectivity index (χ4n) is 1.61. The van der Waals surface area contributed by atoms with Crippen molar-refractivity contribution in [3.63, 3.8) is 0 Å². The highest BCUT2D eigenvalue weighted by Gasteiger charge is 2.09. The maximum absolute atomic E-state index is 12.5. The van der Waals surface area contributed by atoms with Gasteiger partial charge in [0.05, 0.1) is 0 Å². The van der Waals surface area contributed by atoms with Crippen molar-refractivity contribution < 1.29 is 8.78 Å². The van der Waals surface area contributed by atoms with E-state index in [0.717, 1.165) is 22.2 Å². The van der Waals surface area contributed by atoms with Crippen molar-refractivity contribution in [2.75, 3.05) is 6.26 Å². The summed E-state index contributed by atoms with van der Waals surface area (Å²) in [5.41, 5.74) is 2.09. The molecule has 0 radical (unpaired) electrons. The third-order valence-electron chi connectivity index (χ3n) is 2.34. The van der Waals surface area contributed by atoms with Gasteiger partial charge < -0.3 is 4.98 Å². The van der Waals surface area contributed by atoms with E-state index in [0.29, 0.717) is 0 Å². The Labute approximate surface area is 90.9 Å². The number of aromatic nitrogens is 1. The Kier molecular flexibility index (Phi) is 2.95. The molecule has 80 valence electrons. The Balaban J connectivity index is 2.51. The molecule has 0 aliphatic heterocycles. The third-order valence-corrected chi connectivity index (χ3v) is 2.94. The minimum absolute atomic E-state index is 0.0875. The minimum Gasteiger partial charge on any atom is -0.361 e. The molecular weight excluding hydrogens is 216 g/mol. The van der Waals surface area contributed by atoms with Gasteiger partial charge in [-0.1, -0.05) is 6.07 Å². The topological polar surface area (TPSA) is 15.8 Å². The van der Waals surface area contributed by atoms with Crippen LogP contribution in [0.15, 0.2) is 24.4 Å². The highest BCUT2D eigenvalue weighted by atomic mass is 32.2. The molecule has 0 saturated heterocycles. The molecule has 2 aromatic rings. The Morgan fingerprint density at radius 3 is 2.87 bits per heavy atom. The molecule has 1 aromatic carbocycles. The van der Waals surface area contributed by atoms with Crippen molar-refractivity contribution in [3.05, 3.63) is 35.5 Å². The summed E-state index contributed by atoms with van der Waals surface area (Å²) < 4.78 is 25.0. The van der Waals surface area contributed by atoms with Crippen molar-refractivity contribution >= 4 is 22.7 Å². The van der Waals surface area contributed by atoms with Crippen molar-refractivity contribution in [1.82, 2.24) is 4.98 Å². The quantitative estimate of drug-likeness (QED) is 0.838. The van der Waals surface area contributed by atoms with Crippen LogP contribution in [0.1, 0.15) is 17.6 Å². The molecule has 0 aliphatic carbocycles. The van der Waals surface area contributed by atoms with Crippen LogP contribution in [0.3, 0.4) is 0 Å². The molecule has 0 unspecified atom stereocenters. The maximum atomic E-state index is 12.5. The van der Waals surface area contributed by atoms with Gasteiger partial charge in [0, 0.05) is 28.4 Å². The summed E-state index contributed by atoms with van der Waals surface area (Å²) >= 11 is 1.68. The van der Waals surface area contributed by atoms with Crippen LogP contribution in [0.2, 0.25) is 0 Å². The number of alkyl halides is 2. The van der Waals surface area contributed by atoms with Gasteiger partial charge in [0.15, 0.2) is 0 Å². The number of benzene rings is 1. The lowest BCUT2D eigenvalue weighted by molar-refractivity contribution is 0.151. The molecule has 0 atom stereocenters. The van der Waals surface area contributed by atoms with Crippen LogP contribution in [0.4, 0.5) is 8.78 Å². The van der Waals surface area contributed by atoms with Gasteiger partial charge >= 0.3 is 0 Å². The number of halogens is 2. The van der Waals surface area contributed by atoms with E-state index in [-0.39, 0.29) is 5.56 Å². The van der Waals surface area contributed by atoms with Gasteiger partial charge in [-0.3, -0.25) is 0 Å². The molecule has 4 heteroatoms. The molecule has 0 spiro atoms. The average Bonchev–Trinajstić information content (AvgIpc) is 2.61. The number of H-pyrrole nitrogens is 1. The highest BCUT2D eigenvalue weighted by Crippen LogP contribution is 2.27. The minimum atomic E-state index is -2.40. The molecule has 0 saturated carbocycles. The van der Waals surface area contributed by atoms with Crippen LogP contribution in [-0.2, 0) is 5.75 Å². The van der Waals surface area contributed by atoms with E-state index in [2.05, 4.69) is 4.98 Å². The van der Waals surface area contributed by atoms with Gasteiger partial charge in [0.2, 0.25) is 0 Å². The van der Waals surface area contributed by atoms with Crippen LogP contribution in [-0.4, -0.2) is 11.2 Å². The Bertz CT molecular complexity index is 465. The molecule has 0 aliphatic rings. The average molecular weight is 227 g/mol. The van der Waals surface area contributed by atoms with Crippen molar-refractivity contribution in [1.29, 1.82) is 0 Å². The van der Waals surface area contributed by atoms with Crippen LogP contribution >= 0.6 is 11.8 Å². The summed E-state index contributed by atoms with van der Waals surface area (Å²) in [4.78, 5) is 3.08. The number of aromatic amines is 1. The first-order chi connectivity index (χ1) is 7.22. The van der Waals surface area contributed by atoms with E-state index in [1.165, 1.54) is 6.07 Å². The van der Waals surface area contributed by atoms with Crippen molar-refractivity contribution in [3.8, 4) is 0 Å². The zero-order valence-corrected chi connectivity index (χ0v) is 9.07. The second-order valence-electron chi connectivity index (χ2n) is 3.35. The van der Waals surface area contributed by atoms with Gasteiger partial charge in [0.1, 0.15) is 0 Å². The van der Waals surface area contributed by atoms with Gasteiger partial charge in [0.25, 0.3) is 6.43 Å². The van der Waals surface area contributed by atoms with Crippen LogP contribution in [0.5, 0.6) is 0 Å². The van der Waals surface area contributed by atoms with E-state index >= 15 is 0 Å². The van der Waals surface area contributed by atoms with E-state index in [1.807, 2.05) is 12.5 Å². The first-order valence-corrected chi connectivity index (χ1v) is 5.98. The van der Waals surface area contributed by atoms with Crippen molar-refractivity contribution in [2.24, 2.45) is 0 Å². The molecule has 0 bridgehead atoms. The SMILES string of the molecule is CSCc1c[nH]c2ccc(C(F)F)cc12. The Morgan fingerprint density at radius 2 is 2.20 bits per heavy atom. The van der Waals surface area contributed by atoms with Gasteiger partial charge in [-0.25, -0.2) is 8.78 Å². The molecule has 1 N–H and O–H groups in total. The van der Waals surface area contributed by atoms with Crippen LogP contribution < -0.4 is 0 Å². The van der Waals surface area contributed by atoms with E-state index in [1.54, 1.807) is 23.9 Å². The van der Waals surface area contributed by atoms with Gasteiger partial charge in [-0.2, -0.15) is 11.8 Å². The zero-order chi connectivity index (χ0) is 10.8. The number of fused-ring (bicyclic) bond motifs is 1. The van der Waals surface area contributed by atoms with Crippen LogP contribution in [0.25, 0.3) is 10.9 Å². The normalized spacial score (nSPS) is 11.5. The second-order valence-corrected chi connectivity index (χ2v) is 4.22. The van der Waals surface area contributed by atoms with Gasteiger partial charge in [-0.15, -0.1) is 0 Å². The van der Waals surface area contributed by atoms with E-state index < -0.39 is 6.43 Å². The molecule has 0 fully saturated rings. The number of hydrogen-bond donors (Lipinski definition) is 1. The first kappa shape index (κ1) is 10.5. The predicted octanol–water partition coefficient (Wildman–Crippen LogP) is 3.97. The number of thioether (sulfide) groups is 1. The molecule has 1 heterocycles.